The maximum absolute atomic E-state index is 12.6. The Morgan fingerprint density at radius 1 is 1.06 bits per heavy atom. The van der Waals surface area contributed by atoms with E-state index in [1.807, 2.05) is 30.3 Å². The molecule has 1 amide bonds. The molecule has 1 fully saturated rings. The van der Waals surface area contributed by atoms with Crippen molar-refractivity contribution in [3.05, 3.63) is 64.5 Å². The Kier molecular flexibility index (Phi) is 7.20. The Labute approximate surface area is 187 Å². The number of rotatable bonds is 6. The molecule has 3 rings (SSSR count). The molecule has 10 heteroatoms. The van der Waals surface area contributed by atoms with E-state index in [0.717, 1.165) is 11.8 Å². The number of carbonyl (C=O) groups is 1. The van der Waals surface area contributed by atoms with Crippen LogP contribution < -0.4 is 5.32 Å². The fourth-order valence-electron chi connectivity index (χ4n) is 3.25. The van der Waals surface area contributed by atoms with Crippen LogP contribution in [-0.4, -0.2) is 46.4 Å². The number of piperidine rings is 1. The normalized spacial score (nSPS) is 16.5. The molecule has 31 heavy (non-hydrogen) atoms. The minimum absolute atomic E-state index is 0.0540. The molecule has 0 bridgehead atoms. The number of hydrogen-bond acceptors (Lipinski definition) is 5. The minimum atomic E-state index is -3.58. The van der Waals surface area contributed by atoms with Crippen molar-refractivity contribution < 1.29 is 21.6 Å². The van der Waals surface area contributed by atoms with Crippen molar-refractivity contribution in [2.24, 2.45) is 5.92 Å². The Hall–Kier alpha value is -2.20. The Bertz CT molecular complexity index is 1190. The van der Waals surface area contributed by atoms with Crippen molar-refractivity contribution in [2.45, 2.75) is 17.7 Å². The van der Waals surface area contributed by atoms with Crippen molar-refractivity contribution in [3.63, 3.8) is 0 Å². The molecule has 0 atom stereocenters. The molecule has 0 aliphatic carbocycles. The van der Waals surface area contributed by atoms with Gasteiger partial charge in [0, 0.05) is 30.7 Å². The van der Waals surface area contributed by atoms with E-state index in [9.17, 15) is 21.6 Å². The van der Waals surface area contributed by atoms with Gasteiger partial charge in [-0.2, -0.15) is 4.31 Å². The molecule has 0 saturated carbocycles. The summed E-state index contributed by atoms with van der Waals surface area (Å²) in [4.78, 5) is 12.7. The molecule has 7 nitrogen and oxygen atoms in total. The predicted molar refractivity (Wildman–Crippen MR) is 122 cm³/mol. The summed E-state index contributed by atoms with van der Waals surface area (Å²) >= 11 is 6.09. The number of halogens is 1. The van der Waals surface area contributed by atoms with Gasteiger partial charge in [-0.15, -0.1) is 0 Å². The van der Waals surface area contributed by atoms with Crippen LogP contribution in [0.3, 0.4) is 0 Å². The number of hydrogen-bond donors (Lipinski definition) is 1. The van der Waals surface area contributed by atoms with Gasteiger partial charge in [-0.05, 0) is 42.7 Å². The van der Waals surface area contributed by atoms with Crippen LogP contribution in [0.15, 0.2) is 58.8 Å². The molecule has 1 aliphatic heterocycles. The minimum Gasteiger partial charge on any atom is -0.324 e. The van der Waals surface area contributed by atoms with Crippen LogP contribution in [-0.2, 0) is 24.7 Å². The van der Waals surface area contributed by atoms with Crippen LogP contribution >= 0.6 is 11.6 Å². The summed E-state index contributed by atoms with van der Waals surface area (Å²) in [5, 5.41) is 4.08. The van der Waals surface area contributed by atoms with Gasteiger partial charge in [0.25, 0.3) is 0 Å². The van der Waals surface area contributed by atoms with Crippen molar-refractivity contribution in [2.75, 3.05) is 24.7 Å². The molecular formula is C21H23ClN2O5S2. The molecule has 2 aromatic carbocycles. The van der Waals surface area contributed by atoms with Crippen molar-refractivity contribution >= 4 is 49.1 Å². The van der Waals surface area contributed by atoms with Gasteiger partial charge in [-0.25, -0.2) is 16.8 Å². The van der Waals surface area contributed by atoms with E-state index >= 15 is 0 Å². The van der Waals surface area contributed by atoms with E-state index in [0.29, 0.717) is 12.8 Å². The zero-order valence-corrected chi connectivity index (χ0v) is 19.3. The fourth-order valence-corrected chi connectivity index (χ4v) is 5.29. The van der Waals surface area contributed by atoms with Crippen molar-refractivity contribution in [1.29, 1.82) is 0 Å². The number of carbonyl (C=O) groups excluding carboxylic acids is 1. The van der Waals surface area contributed by atoms with Crippen molar-refractivity contribution in [3.8, 4) is 0 Å². The second kappa shape index (κ2) is 9.52. The monoisotopic (exact) mass is 482 g/mol. The number of sulfone groups is 1. The molecule has 1 saturated heterocycles. The lowest BCUT2D eigenvalue weighted by atomic mass is 9.97. The number of anilines is 1. The first kappa shape index (κ1) is 23.5. The zero-order chi connectivity index (χ0) is 22.6. The summed E-state index contributed by atoms with van der Waals surface area (Å²) < 4.78 is 50.0. The van der Waals surface area contributed by atoms with Crippen LogP contribution in [0.4, 0.5) is 5.69 Å². The lowest BCUT2D eigenvalue weighted by molar-refractivity contribution is -0.120. The lowest BCUT2D eigenvalue weighted by Gasteiger charge is -2.29. The number of sulfonamides is 1. The molecule has 0 unspecified atom stereocenters. The van der Waals surface area contributed by atoms with Crippen LogP contribution in [0.1, 0.15) is 18.4 Å². The van der Waals surface area contributed by atoms with Gasteiger partial charge in [0.2, 0.25) is 15.9 Å². The van der Waals surface area contributed by atoms with Gasteiger partial charge in [0.1, 0.15) is 0 Å². The average Bonchev–Trinajstić information content (AvgIpc) is 2.74. The number of benzene rings is 2. The molecule has 1 N–H and O–H groups in total. The first-order valence-corrected chi connectivity index (χ1v) is 13.4. The molecule has 0 radical (unpaired) electrons. The van der Waals surface area contributed by atoms with E-state index in [1.165, 1.54) is 27.9 Å². The summed E-state index contributed by atoms with van der Waals surface area (Å²) in [5.41, 5.74) is 1.00. The third-order valence-electron chi connectivity index (χ3n) is 5.04. The lowest BCUT2D eigenvalue weighted by Crippen LogP contribution is -2.40. The summed E-state index contributed by atoms with van der Waals surface area (Å²) in [5.74, 6) is -0.716. The topological polar surface area (TPSA) is 101 Å². The van der Waals surface area contributed by atoms with Crippen LogP contribution in [0, 0.1) is 5.92 Å². The third kappa shape index (κ3) is 6.16. The zero-order valence-electron chi connectivity index (χ0n) is 16.9. The second-order valence-electron chi connectivity index (χ2n) is 7.33. The van der Waals surface area contributed by atoms with E-state index in [-0.39, 0.29) is 34.6 Å². The van der Waals surface area contributed by atoms with E-state index in [4.69, 9.17) is 11.6 Å². The highest BCUT2D eigenvalue weighted by molar-refractivity contribution is 7.92. The molecule has 0 spiro atoms. The molecule has 0 aromatic heterocycles. The predicted octanol–water partition coefficient (Wildman–Crippen LogP) is 3.39. The Morgan fingerprint density at radius 2 is 1.71 bits per heavy atom. The van der Waals surface area contributed by atoms with Crippen LogP contribution in [0.2, 0.25) is 5.02 Å². The highest BCUT2D eigenvalue weighted by Gasteiger charge is 2.30. The van der Waals surface area contributed by atoms with Gasteiger partial charge in [0.15, 0.2) is 9.84 Å². The second-order valence-corrected chi connectivity index (χ2v) is 11.6. The average molecular weight is 483 g/mol. The summed E-state index contributed by atoms with van der Waals surface area (Å²) in [6.45, 7) is 0.438. The SMILES string of the molecule is CS(=O)(=O)c1ccc(Cl)c(NC(=O)C2CCN(S(=O)(=O)/C=C/c3ccccc3)CC2)c1. The van der Waals surface area contributed by atoms with Crippen LogP contribution in [0.25, 0.3) is 6.08 Å². The third-order valence-corrected chi connectivity index (χ3v) is 8.05. The molecule has 1 heterocycles. The summed E-state index contributed by atoms with van der Waals surface area (Å²) in [7, 11) is -7.03. The van der Waals surface area contributed by atoms with Gasteiger partial charge >= 0.3 is 0 Å². The van der Waals surface area contributed by atoms with Gasteiger partial charge in [0.05, 0.1) is 15.6 Å². The smallest absolute Gasteiger partial charge is 0.236 e. The van der Waals surface area contributed by atoms with E-state index < -0.39 is 25.8 Å². The van der Waals surface area contributed by atoms with E-state index in [1.54, 1.807) is 6.08 Å². The molecule has 2 aromatic rings. The standard InChI is InChI=1S/C21H23ClN2O5S2/c1-30(26,27)18-7-8-19(22)20(15-18)23-21(25)17-9-12-24(13-10-17)31(28,29)14-11-16-5-3-2-4-6-16/h2-8,11,14-15,17H,9-10,12-13H2,1H3,(H,23,25)/b14-11+. The summed E-state index contributed by atoms with van der Waals surface area (Å²) in [6, 6.07) is 13.2. The molecule has 1 aliphatic rings. The first-order chi connectivity index (χ1) is 14.6. The number of nitrogens with zero attached hydrogens (tertiary/aromatic N) is 1. The number of nitrogens with one attached hydrogen (secondary N) is 1. The maximum Gasteiger partial charge on any atom is 0.236 e. The molecule has 166 valence electrons. The number of amides is 1. The highest BCUT2D eigenvalue weighted by Crippen LogP contribution is 2.28. The fraction of sp³-hybridized carbons (Fsp3) is 0.286. The summed E-state index contributed by atoms with van der Waals surface area (Å²) in [6.07, 6.45) is 3.33. The van der Waals surface area contributed by atoms with Gasteiger partial charge in [-0.3, -0.25) is 4.79 Å². The highest BCUT2D eigenvalue weighted by atomic mass is 35.5. The quantitative estimate of drug-likeness (QED) is 0.680. The van der Waals surface area contributed by atoms with Gasteiger partial charge in [-0.1, -0.05) is 41.9 Å². The van der Waals surface area contributed by atoms with Crippen LogP contribution in [0.5, 0.6) is 0 Å². The maximum atomic E-state index is 12.6. The van der Waals surface area contributed by atoms with Gasteiger partial charge < -0.3 is 5.32 Å². The Morgan fingerprint density at radius 3 is 2.32 bits per heavy atom. The van der Waals surface area contributed by atoms with Crippen molar-refractivity contribution in [1.82, 2.24) is 4.31 Å². The van der Waals surface area contributed by atoms with E-state index in [2.05, 4.69) is 5.32 Å². The Balaban J connectivity index is 1.62. The molecular weight excluding hydrogens is 460 g/mol. The largest absolute Gasteiger partial charge is 0.324 e. The first-order valence-electron chi connectivity index (χ1n) is 9.60.